The summed E-state index contributed by atoms with van der Waals surface area (Å²) in [5.41, 5.74) is 2.72. The molecule has 0 radical (unpaired) electrons. The number of hydrogen-bond donors (Lipinski definition) is 0. The predicted octanol–water partition coefficient (Wildman–Crippen LogP) is 1.89. The molecule has 0 N–H and O–H groups in total. The molecule has 4 heteroatoms. The number of methoxy groups -OCH3 is 1. The fourth-order valence-electron chi connectivity index (χ4n) is 1.65. The summed E-state index contributed by atoms with van der Waals surface area (Å²) in [6.45, 7) is 0. The number of fused-ring (bicyclic) bond motifs is 3. The molecule has 0 unspecified atom stereocenters. The van der Waals surface area contributed by atoms with Gasteiger partial charge in [-0.05, 0) is 12.1 Å². The van der Waals surface area contributed by atoms with E-state index in [0.29, 0.717) is 0 Å². The summed E-state index contributed by atoms with van der Waals surface area (Å²) in [6.07, 6.45) is 5.49. The van der Waals surface area contributed by atoms with Crippen LogP contribution in [0.1, 0.15) is 0 Å². The summed E-state index contributed by atoms with van der Waals surface area (Å²) in [4.78, 5) is 8.65. The lowest BCUT2D eigenvalue weighted by Gasteiger charge is -2.03. The summed E-state index contributed by atoms with van der Waals surface area (Å²) in [7, 11) is 1.62. The number of ether oxygens (including phenoxy) is 1. The second kappa shape index (κ2) is 2.95. The molecule has 0 saturated carbocycles. The van der Waals surface area contributed by atoms with E-state index in [4.69, 9.17) is 4.74 Å². The monoisotopic (exact) mass is 199 g/mol. The molecule has 0 saturated heterocycles. The highest BCUT2D eigenvalue weighted by molar-refractivity contribution is 5.75. The first-order valence-electron chi connectivity index (χ1n) is 4.64. The van der Waals surface area contributed by atoms with Crippen LogP contribution < -0.4 is 4.74 Å². The van der Waals surface area contributed by atoms with Gasteiger partial charge in [0.1, 0.15) is 11.3 Å². The maximum Gasteiger partial charge on any atom is 0.163 e. The number of pyridine rings is 1. The van der Waals surface area contributed by atoms with Crippen molar-refractivity contribution in [3.8, 4) is 5.75 Å². The normalized spacial score (nSPS) is 11.0. The van der Waals surface area contributed by atoms with Crippen LogP contribution in [0.5, 0.6) is 5.75 Å². The van der Waals surface area contributed by atoms with Gasteiger partial charge in [-0.15, -0.1) is 0 Å². The number of hydrogen-bond acceptors (Lipinski definition) is 3. The van der Waals surface area contributed by atoms with Crippen molar-refractivity contribution in [1.29, 1.82) is 0 Å². The summed E-state index contributed by atoms with van der Waals surface area (Å²) in [6, 6.07) is 5.85. The third-order valence-corrected chi connectivity index (χ3v) is 2.40. The Morgan fingerprint density at radius 1 is 1.27 bits per heavy atom. The Balaban J connectivity index is 2.44. The fraction of sp³-hybridized carbons (Fsp3) is 0.0909. The number of rotatable bonds is 1. The Bertz CT molecular complexity index is 630. The summed E-state index contributed by atoms with van der Waals surface area (Å²) in [5, 5.41) is 0. The quantitative estimate of drug-likeness (QED) is 0.600. The lowest BCUT2D eigenvalue weighted by Crippen LogP contribution is -1.93. The zero-order valence-electron chi connectivity index (χ0n) is 8.21. The van der Waals surface area contributed by atoms with E-state index in [-0.39, 0.29) is 0 Å². The Hall–Kier alpha value is -2.10. The van der Waals surface area contributed by atoms with Gasteiger partial charge in [-0.3, -0.25) is 9.38 Å². The smallest absolute Gasteiger partial charge is 0.163 e. The molecule has 0 fully saturated rings. The van der Waals surface area contributed by atoms with Crippen LogP contribution in [0.4, 0.5) is 0 Å². The minimum absolute atomic E-state index is 0.724. The molecule has 3 aromatic rings. The first kappa shape index (κ1) is 8.23. The summed E-state index contributed by atoms with van der Waals surface area (Å²) in [5.74, 6) is 0.724. The van der Waals surface area contributed by atoms with E-state index in [1.807, 2.05) is 35.0 Å². The number of nitrogens with zero attached hydrogens (tertiary/aromatic N) is 3. The highest BCUT2D eigenvalue weighted by Crippen LogP contribution is 2.17. The van der Waals surface area contributed by atoms with Crippen molar-refractivity contribution in [3.05, 3.63) is 36.8 Å². The van der Waals surface area contributed by atoms with Crippen molar-refractivity contribution in [1.82, 2.24) is 14.4 Å². The molecule has 0 aliphatic carbocycles. The molecule has 4 nitrogen and oxygen atoms in total. The lowest BCUT2D eigenvalue weighted by molar-refractivity contribution is 0.413. The zero-order chi connectivity index (χ0) is 10.3. The van der Waals surface area contributed by atoms with Crippen molar-refractivity contribution in [2.24, 2.45) is 0 Å². The van der Waals surface area contributed by atoms with Gasteiger partial charge in [0.15, 0.2) is 5.65 Å². The highest BCUT2D eigenvalue weighted by Gasteiger charge is 2.03. The van der Waals surface area contributed by atoms with Gasteiger partial charge in [-0.1, -0.05) is 0 Å². The molecule has 0 atom stereocenters. The third-order valence-electron chi connectivity index (χ3n) is 2.40. The second-order valence-electron chi connectivity index (χ2n) is 3.28. The Morgan fingerprint density at radius 3 is 3.07 bits per heavy atom. The first-order chi connectivity index (χ1) is 7.38. The van der Waals surface area contributed by atoms with Gasteiger partial charge in [-0.2, -0.15) is 0 Å². The molecular formula is C11H9N3O. The Morgan fingerprint density at radius 2 is 2.20 bits per heavy atom. The molecule has 0 bridgehead atoms. The second-order valence-corrected chi connectivity index (χ2v) is 3.28. The molecule has 3 aromatic heterocycles. The molecular weight excluding hydrogens is 190 g/mol. The van der Waals surface area contributed by atoms with Crippen LogP contribution in [0.2, 0.25) is 0 Å². The van der Waals surface area contributed by atoms with Crippen LogP contribution in [0.3, 0.4) is 0 Å². The van der Waals surface area contributed by atoms with Crippen LogP contribution >= 0.6 is 0 Å². The summed E-state index contributed by atoms with van der Waals surface area (Å²) >= 11 is 0. The number of aromatic nitrogens is 3. The Labute approximate surface area is 86.1 Å². The van der Waals surface area contributed by atoms with Crippen molar-refractivity contribution in [3.63, 3.8) is 0 Å². The van der Waals surface area contributed by atoms with Gasteiger partial charge in [0.2, 0.25) is 0 Å². The molecule has 15 heavy (non-hydrogen) atoms. The van der Waals surface area contributed by atoms with E-state index in [1.54, 1.807) is 13.3 Å². The lowest BCUT2D eigenvalue weighted by atomic mass is 10.4. The molecule has 0 spiro atoms. The van der Waals surface area contributed by atoms with Crippen molar-refractivity contribution in [2.45, 2.75) is 0 Å². The van der Waals surface area contributed by atoms with E-state index in [0.717, 1.165) is 22.4 Å². The molecule has 74 valence electrons. The van der Waals surface area contributed by atoms with Gasteiger partial charge >= 0.3 is 0 Å². The minimum Gasteiger partial charge on any atom is -0.495 e. The van der Waals surface area contributed by atoms with Crippen LogP contribution in [-0.4, -0.2) is 21.5 Å². The van der Waals surface area contributed by atoms with Crippen molar-refractivity contribution in [2.75, 3.05) is 7.11 Å². The van der Waals surface area contributed by atoms with Gasteiger partial charge in [-0.25, -0.2) is 4.98 Å². The van der Waals surface area contributed by atoms with Gasteiger partial charge in [0.05, 0.1) is 25.0 Å². The summed E-state index contributed by atoms with van der Waals surface area (Å²) < 4.78 is 7.11. The molecule has 0 aromatic carbocycles. The standard InChI is InChI=1S/C11H9N3O/c1-15-9-5-10-11(13-7-9)14-4-2-3-8(14)6-12-10/h2-7H,1H3. The average Bonchev–Trinajstić information content (AvgIpc) is 2.76. The SMILES string of the molecule is COc1cnc2c(c1)ncc1cccn12. The minimum atomic E-state index is 0.724. The Kier molecular flexibility index (Phi) is 1.62. The molecule has 0 aliphatic rings. The van der Waals surface area contributed by atoms with Gasteiger partial charge in [0.25, 0.3) is 0 Å². The van der Waals surface area contributed by atoms with Crippen LogP contribution in [0.15, 0.2) is 36.8 Å². The van der Waals surface area contributed by atoms with E-state index in [1.165, 1.54) is 0 Å². The van der Waals surface area contributed by atoms with Crippen LogP contribution in [0, 0.1) is 0 Å². The van der Waals surface area contributed by atoms with Crippen LogP contribution in [0.25, 0.3) is 16.7 Å². The fourth-order valence-corrected chi connectivity index (χ4v) is 1.65. The van der Waals surface area contributed by atoms with Gasteiger partial charge < -0.3 is 4.74 Å². The van der Waals surface area contributed by atoms with E-state index in [2.05, 4.69) is 9.97 Å². The van der Waals surface area contributed by atoms with E-state index >= 15 is 0 Å². The van der Waals surface area contributed by atoms with Crippen molar-refractivity contribution < 1.29 is 4.74 Å². The molecule has 3 heterocycles. The molecule has 0 aliphatic heterocycles. The van der Waals surface area contributed by atoms with Gasteiger partial charge in [0, 0.05) is 12.3 Å². The van der Waals surface area contributed by atoms with Crippen molar-refractivity contribution >= 4 is 16.7 Å². The van der Waals surface area contributed by atoms with E-state index < -0.39 is 0 Å². The largest absolute Gasteiger partial charge is 0.495 e. The molecule has 0 amide bonds. The zero-order valence-corrected chi connectivity index (χ0v) is 8.21. The maximum atomic E-state index is 5.10. The third kappa shape index (κ3) is 1.15. The predicted molar refractivity (Wildman–Crippen MR) is 57.0 cm³/mol. The topological polar surface area (TPSA) is 39.4 Å². The van der Waals surface area contributed by atoms with Crippen LogP contribution in [-0.2, 0) is 0 Å². The molecule has 3 rings (SSSR count). The maximum absolute atomic E-state index is 5.10. The highest BCUT2D eigenvalue weighted by atomic mass is 16.5. The van der Waals surface area contributed by atoms with E-state index in [9.17, 15) is 0 Å². The first-order valence-corrected chi connectivity index (χ1v) is 4.64. The average molecular weight is 199 g/mol.